The molecule has 0 amide bonds. The topological polar surface area (TPSA) is 67.4 Å². The second kappa shape index (κ2) is 3.68. The molecule has 0 aliphatic heterocycles. The summed E-state index contributed by atoms with van der Waals surface area (Å²) in [5.74, 6) is 0.456. The average molecular weight is 221 g/mol. The van der Waals surface area contributed by atoms with Gasteiger partial charge in [-0.2, -0.15) is 5.26 Å². The summed E-state index contributed by atoms with van der Waals surface area (Å²) >= 11 is 0. The molecule has 0 radical (unpaired) electrons. The van der Waals surface area contributed by atoms with E-state index in [1.807, 2.05) is 30.3 Å². The molecule has 2 aromatic heterocycles. The molecule has 3 rings (SSSR count). The predicted octanol–water partition coefficient (Wildman–Crippen LogP) is 1.69. The van der Waals surface area contributed by atoms with Crippen molar-refractivity contribution in [3.63, 3.8) is 0 Å². The molecule has 0 bridgehead atoms. The SMILES string of the molecule is N#Cc1ccnc(-n2cnc3ccccc32)n1. The minimum atomic E-state index is 0.341. The number of rotatable bonds is 1. The molecule has 1 aromatic carbocycles. The van der Waals surface area contributed by atoms with Gasteiger partial charge in [-0.1, -0.05) is 12.1 Å². The van der Waals surface area contributed by atoms with Crippen molar-refractivity contribution in [2.45, 2.75) is 0 Å². The third-order valence-electron chi connectivity index (χ3n) is 2.43. The van der Waals surface area contributed by atoms with Gasteiger partial charge in [0, 0.05) is 6.20 Å². The molecule has 0 aliphatic rings. The number of benzene rings is 1. The van der Waals surface area contributed by atoms with Crippen LogP contribution < -0.4 is 0 Å². The molecule has 2 heterocycles. The van der Waals surface area contributed by atoms with E-state index in [-0.39, 0.29) is 0 Å². The van der Waals surface area contributed by atoms with Crippen molar-refractivity contribution in [3.05, 3.63) is 48.5 Å². The highest BCUT2D eigenvalue weighted by molar-refractivity contribution is 5.76. The quantitative estimate of drug-likeness (QED) is 0.627. The van der Waals surface area contributed by atoms with Crippen LogP contribution in [0.15, 0.2) is 42.9 Å². The highest BCUT2D eigenvalue weighted by atomic mass is 15.2. The first-order valence-corrected chi connectivity index (χ1v) is 5.04. The number of para-hydroxylation sites is 2. The largest absolute Gasteiger partial charge is 0.267 e. The molecule has 0 saturated carbocycles. The Kier molecular flexibility index (Phi) is 2.06. The van der Waals surface area contributed by atoms with E-state index in [1.54, 1.807) is 23.2 Å². The zero-order chi connectivity index (χ0) is 11.7. The molecular weight excluding hydrogens is 214 g/mol. The van der Waals surface area contributed by atoms with E-state index in [9.17, 15) is 0 Å². The summed E-state index contributed by atoms with van der Waals surface area (Å²) in [6, 6.07) is 11.3. The van der Waals surface area contributed by atoms with E-state index in [0.29, 0.717) is 11.6 Å². The van der Waals surface area contributed by atoms with Crippen molar-refractivity contribution in [1.29, 1.82) is 5.26 Å². The molecule has 3 aromatic rings. The smallest absolute Gasteiger partial charge is 0.236 e. The lowest BCUT2D eigenvalue weighted by Gasteiger charge is -2.01. The number of hydrogen-bond donors (Lipinski definition) is 0. The number of imidazole rings is 1. The van der Waals surface area contributed by atoms with E-state index in [0.717, 1.165) is 11.0 Å². The van der Waals surface area contributed by atoms with Gasteiger partial charge in [-0.25, -0.2) is 15.0 Å². The lowest BCUT2D eigenvalue weighted by Crippen LogP contribution is -2.00. The second-order valence-corrected chi connectivity index (χ2v) is 3.46. The van der Waals surface area contributed by atoms with Crippen molar-refractivity contribution >= 4 is 11.0 Å². The lowest BCUT2D eigenvalue weighted by molar-refractivity contribution is 0.941. The Morgan fingerprint density at radius 1 is 1.12 bits per heavy atom. The van der Waals surface area contributed by atoms with Crippen molar-refractivity contribution in [1.82, 2.24) is 19.5 Å². The minimum Gasteiger partial charge on any atom is -0.267 e. The van der Waals surface area contributed by atoms with Crippen LogP contribution in [0.25, 0.3) is 17.0 Å². The monoisotopic (exact) mass is 221 g/mol. The van der Waals surface area contributed by atoms with Crippen LogP contribution in [0.1, 0.15) is 5.69 Å². The maximum absolute atomic E-state index is 8.81. The Hall–Kier alpha value is -2.74. The van der Waals surface area contributed by atoms with Crippen LogP contribution in [0.2, 0.25) is 0 Å². The van der Waals surface area contributed by atoms with Crippen LogP contribution in [-0.2, 0) is 0 Å². The molecule has 5 nitrogen and oxygen atoms in total. The van der Waals surface area contributed by atoms with Crippen LogP contribution in [-0.4, -0.2) is 19.5 Å². The summed E-state index contributed by atoms with van der Waals surface area (Å²) in [4.78, 5) is 12.5. The highest BCUT2D eigenvalue weighted by Gasteiger charge is 2.06. The molecule has 0 aliphatic carbocycles. The maximum atomic E-state index is 8.81. The summed E-state index contributed by atoms with van der Waals surface area (Å²) in [7, 11) is 0. The Morgan fingerprint density at radius 3 is 2.88 bits per heavy atom. The van der Waals surface area contributed by atoms with Gasteiger partial charge < -0.3 is 0 Å². The van der Waals surface area contributed by atoms with Crippen LogP contribution in [0.3, 0.4) is 0 Å². The van der Waals surface area contributed by atoms with Crippen LogP contribution in [0.4, 0.5) is 0 Å². The summed E-state index contributed by atoms with van der Waals surface area (Å²) in [5.41, 5.74) is 2.13. The summed E-state index contributed by atoms with van der Waals surface area (Å²) in [5, 5.41) is 8.81. The fourth-order valence-corrected chi connectivity index (χ4v) is 1.65. The van der Waals surface area contributed by atoms with Gasteiger partial charge in [0.15, 0.2) is 0 Å². The van der Waals surface area contributed by atoms with Gasteiger partial charge in [-0.15, -0.1) is 0 Å². The van der Waals surface area contributed by atoms with E-state index >= 15 is 0 Å². The first kappa shape index (κ1) is 9.48. The Bertz CT molecular complexity index is 723. The molecule has 0 spiro atoms. The highest BCUT2D eigenvalue weighted by Crippen LogP contribution is 2.14. The summed E-state index contributed by atoms with van der Waals surface area (Å²) in [6.07, 6.45) is 3.22. The van der Waals surface area contributed by atoms with Gasteiger partial charge in [0.05, 0.1) is 11.0 Å². The summed E-state index contributed by atoms with van der Waals surface area (Å²) < 4.78 is 1.76. The van der Waals surface area contributed by atoms with Gasteiger partial charge >= 0.3 is 0 Å². The Balaban J connectivity index is 2.24. The van der Waals surface area contributed by atoms with Crippen molar-refractivity contribution < 1.29 is 0 Å². The molecule has 0 fully saturated rings. The standard InChI is InChI=1S/C12H7N5/c13-7-9-5-6-14-12(16-9)17-8-15-10-3-1-2-4-11(10)17/h1-6,8H. The molecule has 0 unspecified atom stereocenters. The minimum absolute atomic E-state index is 0.341. The zero-order valence-corrected chi connectivity index (χ0v) is 8.78. The van der Waals surface area contributed by atoms with Crippen LogP contribution >= 0.6 is 0 Å². The zero-order valence-electron chi connectivity index (χ0n) is 8.78. The fourth-order valence-electron chi connectivity index (χ4n) is 1.65. The number of nitriles is 1. The van der Waals surface area contributed by atoms with Crippen molar-refractivity contribution in [2.75, 3.05) is 0 Å². The third kappa shape index (κ3) is 1.52. The molecule has 0 atom stereocenters. The maximum Gasteiger partial charge on any atom is 0.236 e. The molecule has 5 heteroatoms. The van der Waals surface area contributed by atoms with Gasteiger partial charge in [0.1, 0.15) is 18.1 Å². The Labute approximate surface area is 97.0 Å². The number of nitrogens with zero attached hydrogens (tertiary/aromatic N) is 5. The van der Waals surface area contributed by atoms with Crippen molar-refractivity contribution in [3.8, 4) is 12.0 Å². The molecule has 0 saturated heterocycles. The third-order valence-corrected chi connectivity index (χ3v) is 2.43. The second-order valence-electron chi connectivity index (χ2n) is 3.46. The van der Waals surface area contributed by atoms with E-state index in [2.05, 4.69) is 15.0 Å². The Morgan fingerprint density at radius 2 is 2.00 bits per heavy atom. The van der Waals surface area contributed by atoms with E-state index in [4.69, 9.17) is 5.26 Å². The van der Waals surface area contributed by atoms with Gasteiger partial charge in [-0.3, -0.25) is 4.57 Å². The van der Waals surface area contributed by atoms with E-state index < -0.39 is 0 Å². The molecule has 80 valence electrons. The average Bonchev–Trinajstić information content (AvgIpc) is 2.82. The predicted molar refractivity (Wildman–Crippen MR) is 61.4 cm³/mol. The van der Waals surface area contributed by atoms with Crippen LogP contribution in [0.5, 0.6) is 0 Å². The fraction of sp³-hybridized carbons (Fsp3) is 0. The number of hydrogen-bond acceptors (Lipinski definition) is 4. The normalized spacial score (nSPS) is 10.3. The first-order valence-electron chi connectivity index (χ1n) is 5.04. The lowest BCUT2D eigenvalue weighted by atomic mass is 10.3. The summed E-state index contributed by atoms with van der Waals surface area (Å²) in [6.45, 7) is 0. The van der Waals surface area contributed by atoms with E-state index in [1.165, 1.54) is 0 Å². The number of aromatic nitrogens is 4. The first-order chi connectivity index (χ1) is 8.38. The van der Waals surface area contributed by atoms with Gasteiger partial charge in [0.2, 0.25) is 5.95 Å². The number of fused-ring (bicyclic) bond motifs is 1. The van der Waals surface area contributed by atoms with Crippen LogP contribution in [0, 0.1) is 11.3 Å². The molecule has 17 heavy (non-hydrogen) atoms. The van der Waals surface area contributed by atoms with Gasteiger partial charge in [0.25, 0.3) is 0 Å². The molecular formula is C12H7N5. The van der Waals surface area contributed by atoms with Gasteiger partial charge in [-0.05, 0) is 18.2 Å². The van der Waals surface area contributed by atoms with Crippen molar-refractivity contribution in [2.24, 2.45) is 0 Å². The molecule has 0 N–H and O–H groups in total.